The van der Waals surface area contributed by atoms with Crippen LogP contribution in [0.2, 0.25) is 0 Å². The van der Waals surface area contributed by atoms with Gasteiger partial charge in [-0.2, -0.15) is 0 Å². The third-order valence-corrected chi connectivity index (χ3v) is 3.06. The molecule has 0 radical (unpaired) electrons. The van der Waals surface area contributed by atoms with E-state index in [2.05, 4.69) is 24.1 Å². The Bertz CT molecular complexity index is 218. The van der Waals surface area contributed by atoms with E-state index in [1.165, 1.54) is 0 Å². The molecule has 0 bridgehead atoms. The highest BCUT2D eigenvalue weighted by molar-refractivity contribution is 5.78. The minimum Gasteiger partial charge on any atom is -0.352 e. The number of carbonyl (C=O) groups is 1. The first kappa shape index (κ1) is 12.5. The maximum absolute atomic E-state index is 11.6. The van der Waals surface area contributed by atoms with Crippen molar-refractivity contribution in [2.24, 2.45) is 11.7 Å². The first-order valence-electron chi connectivity index (χ1n) is 5.76. The molecule has 0 aromatic heterocycles. The van der Waals surface area contributed by atoms with Crippen molar-refractivity contribution in [3.63, 3.8) is 0 Å². The molecule has 2 unspecified atom stereocenters. The van der Waals surface area contributed by atoms with Crippen molar-refractivity contribution in [2.45, 2.75) is 39.3 Å². The maximum Gasteiger partial charge on any atom is 0.234 e. The number of carbonyl (C=O) groups excluding carboxylic acids is 1. The molecular formula is C11H23N3O. The predicted molar refractivity (Wildman–Crippen MR) is 61.5 cm³/mol. The molecule has 1 fully saturated rings. The third-order valence-electron chi connectivity index (χ3n) is 3.06. The summed E-state index contributed by atoms with van der Waals surface area (Å²) in [4.78, 5) is 13.7. The zero-order valence-electron chi connectivity index (χ0n) is 9.99. The van der Waals surface area contributed by atoms with Crippen LogP contribution in [-0.4, -0.2) is 42.5 Å². The summed E-state index contributed by atoms with van der Waals surface area (Å²) in [5, 5.41) is 3.00. The Kier molecular flexibility index (Phi) is 4.54. The van der Waals surface area contributed by atoms with E-state index in [-0.39, 0.29) is 18.0 Å². The smallest absolute Gasteiger partial charge is 0.234 e. The minimum atomic E-state index is 0.116. The summed E-state index contributed by atoms with van der Waals surface area (Å²) >= 11 is 0. The quantitative estimate of drug-likeness (QED) is 0.700. The van der Waals surface area contributed by atoms with Gasteiger partial charge in [0.05, 0.1) is 6.54 Å². The number of amides is 1. The minimum absolute atomic E-state index is 0.116. The summed E-state index contributed by atoms with van der Waals surface area (Å²) in [6.07, 6.45) is 1.01. The Hall–Kier alpha value is -0.610. The average molecular weight is 213 g/mol. The Balaban J connectivity index is 2.24. The van der Waals surface area contributed by atoms with Gasteiger partial charge in [0.1, 0.15) is 0 Å². The zero-order valence-corrected chi connectivity index (χ0v) is 9.99. The second-order valence-electron chi connectivity index (χ2n) is 4.88. The molecule has 1 aliphatic rings. The van der Waals surface area contributed by atoms with E-state index in [9.17, 15) is 4.79 Å². The second-order valence-corrected chi connectivity index (χ2v) is 4.88. The van der Waals surface area contributed by atoms with E-state index in [1.807, 2.05) is 6.92 Å². The summed E-state index contributed by atoms with van der Waals surface area (Å²) in [5.41, 5.74) is 5.78. The Morgan fingerprint density at radius 2 is 2.20 bits per heavy atom. The Morgan fingerprint density at radius 3 is 2.67 bits per heavy atom. The van der Waals surface area contributed by atoms with Crippen LogP contribution < -0.4 is 11.1 Å². The van der Waals surface area contributed by atoms with Crippen LogP contribution in [0.4, 0.5) is 0 Å². The summed E-state index contributed by atoms with van der Waals surface area (Å²) in [7, 11) is 0. The molecule has 4 nitrogen and oxygen atoms in total. The first-order valence-corrected chi connectivity index (χ1v) is 5.76. The maximum atomic E-state index is 11.6. The van der Waals surface area contributed by atoms with Gasteiger partial charge in [-0.15, -0.1) is 0 Å². The molecule has 1 aliphatic heterocycles. The lowest BCUT2D eigenvalue weighted by Gasteiger charge is -2.20. The highest BCUT2D eigenvalue weighted by Gasteiger charge is 2.21. The molecule has 0 spiro atoms. The van der Waals surface area contributed by atoms with Crippen LogP contribution in [0.15, 0.2) is 0 Å². The average Bonchev–Trinajstić information content (AvgIpc) is 2.50. The molecule has 0 aliphatic carbocycles. The summed E-state index contributed by atoms with van der Waals surface area (Å²) in [6.45, 7) is 8.55. The standard InChI is InChI=1S/C11H23N3O/c1-8(2)9(3)13-11(15)7-14-5-4-10(12)6-14/h8-10H,4-7,12H2,1-3H3,(H,13,15). The van der Waals surface area contributed by atoms with Crippen molar-refractivity contribution in [1.29, 1.82) is 0 Å². The van der Waals surface area contributed by atoms with E-state index in [4.69, 9.17) is 5.73 Å². The van der Waals surface area contributed by atoms with Gasteiger partial charge in [-0.05, 0) is 19.3 Å². The summed E-state index contributed by atoms with van der Waals surface area (Å²) in [5.74, 6) is 0.597. The van der Waals surface area contributed by atoms with Crippen LogP contribution >= 0.6 is 0 Å². The number of hydrogen-bond donors (Lipinski definition) is 2. The van der Waals surface area contributed by atoms with Crippen molar-refractivity contribution < 1.29 is 4.79 Å². The fourth-order valence-corrected chi connectivity index (χ4v) is 1.68. The van der Waals surface area contributed by atoms with Crippen LogP contribution in [0.1, 0.15) is 27.2 Å². The van der Waals surface area contributed by atoms with Gasteiger partial charge < -0.3 is 11.1 Å². The molecular weight excluding hydrogens is 190 g/mol. The van der Waals surface area contributed by atoms with Crippen molar-refractivity contribution in [2.75, 3.05) is 19.6 Å². The number of nitrogens with one attached hydrogen (secondary N) is 1. The van der Waals surface area contributed by atoms with Crippen molar-refractivity contribution in [1.82, 2.24) is 10.2 Å². The normalized spacial score (nSPS) is 24.5. The topological polar surface area (TPSA) is 58.4 Å². The highest BCUT2D eigenvalue weighted by atomic mass is 16.2. The van der Waals surface area contributed by atoms with Gasteiger partial charge in [0.2, 0.25) is 5.91 Å². The monoisotopic (exact) mass is 213 g/mol. The van der Waals surface area contributed by atoms with Crippen molar-refractivity contribution in [3.05, 3.63) is 0 Å². The molecule has 1 rings (SSSR count). The lowest BCUT2D eigenvalue weighted by atomic mass is 10.1. The fraction of sp³-hybridized carbons (Fsp3) is 0.909. The van der Waals surface area contributed by atoms with Crippen LogP contribution in [0.25, 0.3) is 0 Å². The van der Waals surface area contributed by atoms with E-state index in [1.54, 1.807) is 0 Å². The van der Waals surface area contributed by atoms with Crippen LogP contribution in [0, 0.1) is 5.92 Å². The molecule has 1 heterocycles. The summed E-state index contributed by atoms with van der Waals surface area (Å²) < 4.78 is 0. The number of hydrogen-bond acceptors (Lipinski definition) is 3. The number of nitrogens with zero attached hydrogens (tertiary/aromatic N) is 1. The molecule has 0 aromatic carbocycles. The van der Waals surface area contributed by atoms with Crippen LogP contribution in [0.3, 0.4) is 0 Å². The van der Waals surface area contributed by atoms with Gasteiger partial charge in [0.15, 0.2) is 0 Å². The van der Waals surface area contributed by atoms with Gasteiger partial charge in [0, 0.05) is 25.2 Å². The fourth-order valence-electron chi connectivity index (χ4n) is 1.68. The molecule has 0 aromatic rings. The molecule has 4 heteroatoms. The van der Waals surface area contributed by atoms with Gasteiger partial charge in [-0.3, -0.25) is 9.69 Å². The van der Waals surface area contributed by atoms with Gasteiger partial charge >= 0.3 is 0 Å². The molecule has 1 saturated heterocycles. The van der Waals surface area contributed by atoms with E-state index < -0.39 is 0 Å². The summed E-state index contributed by atoms with van der Waals surface area (Å²) in [6, 6.07) is 0.495. The van der Waals surface area contributed by atoms with Crippen LogP contribution in [-0.2, 0) is 4.79 Å². The molecule has 15 heavy (non-hydrogen) atoms. The third kappa shape index (κ3) is 4.18. The van der Waals surface area contributed by atoms with E-state index in [0.29, 0.717) is 12.5 Å². The Labute approximate surface area is 92.2 Å². The predicted octanol–water partition coefficient (Wildman–Crippen LogP) is 0.180. The zero-order chi connectivity index (χ0) is 11.4. The van der Waals surface area contributed by atoms with Gasteiger partial charge in [-0.1, -0.05) is 13.8 Å². The second kappa shape index (κ2) is 5.47. The lowest BCUT2D eigenvalue weighted by Crippen LogP contribution is -2.42. The largest absolute Gasteiger partial charge is 0.352 e. The number of likely N-dealkylation sites (tertiary alicyclic amines) is 1. The lowest BCUT2D eigenvalue weighted by molar-refractivity contribution is -0.122. The van der Waals surface area contributed by atoms with Gasteiger partial charge in [-0.25, -0.2) is 0 Å². The van der Waals surface area contributed by atoms with Gasteiger partial charge in [0.25, 0.3) is 0 Å². The van der Waals surface area contributed by atoms with E-state index in [0.717, 1.165) is 19.5 Å². The SMILES string of the molecule is CC(C)C(C)NC(=O)CN1CCC(N)C1. The molecule has 1 amide bonds. The number of rotatable bonds is 4. The molecule has 0 saturated carbocycles. The molecule has 2 atom stereocenters. The number of nitrogens with two attached hydrogens (primary N) is 1. The Morgan fingerprint density at radius 1 is 1.53 bits per heavy atom. The molecule has 88 valence electrons. The van der Waals surface area contributed by atoms with Crippen molar-refractivity contribution in [3.8, 4) is 0 Å². The van der Waals surface area contributed by atoms with Crippen molar-refractivity contribution >= 4 is 5.91 Å². The van der Waals surface area contributed by atoms with Crippen LogP contribution in [0.5, 0.6) is 0 Å². The first-order chi connectivity index (χ1) is 6.99. The van der Waals surface area contributed by atoms with E-state index >= 15 is 0 Å². The highest BCUT2D eigenvalue weighted by Crippen LogP contribution is 2.06. The molecule has 3 N–H and O–H groups in total.